The molecular formula is C62H63Br2Cl4N17O23. The van der Waals surface area contributed by atoms with E-state index in [0.29, 0.717) is 17.5 Å². The molecule has 3 aliphatic rings. The number of methoxy groups -OCH3 is 6. The zero-order chi connectivity index (χ0) is 80.5. The van der Waals surface area contributed by atoms with E-state index in [1.807, 2.05) is 0 Å². The SMILES string of the molecule is COC(=O)CC(=O)CC(=O)OC.COC(=O)CC1(CC(=O)OC)NC(=O)c2c(Cl)cc(Br)c(=O)n21.COC(=O)CC1(CC(=O)OC)NC(=O)c2c(Cl)cc(Nc3ccncn3)c(=O)n21.NC(=O)c1[nH]c(=O)c(Br)cc1Cl.Nc1ccncn1.O=C1NC(CCO)(CCO)n2c1c(Cl)cc(Nc1ccncn1)c2=O. The molecule has 108 heavy (non-hydrogen) atoms. The summed E-state index contributed by atoms with van der Waals surface area (Å²) in [7, 11) is 6.95. The third kappa shape index (κ3) is 22.2. The highest BCUT2D eigenvalue weighted by molar-refractivity contribution is 9.10. The molecule has 12 N–H and O–H groups in total. The minimum atomic E-state index is -1.74. The van der Waals surface area contributed by atoms with Crippen molar-refractivity contribution in [3.8, 4) is 0 Å². The van der Waals surface area contributed by atoms with Gasteiger partial charge in [0.05, 0.1) is 97.4 Å². The average Bonchev–Trinajstić information content (AvgIpc) is 1.59. The van der Waals surface area contributed by atoms with Gasteiger partial charge in [-0.3, -0.25) is 85.6 Å². The molecule has 7 aromatic heterocycles. The number of nitrogens with zero attached hydrogens (tertiary/aromatic N) is 9. The highest BCUT2D eigenvalue weighted by Gasteiger charge is 2.51. The number of Topliss-reactive ketones (excluding diaryl/α,β-unsaturated/α-hetero) is 1. The summed E-state index contributed by atoms with van der Waals surface area (Å²) < 4.78 is 30.5. The zero-order valence-electron chi connectivity index (χ0n) is 57.0. The number of nitrogens with one attached hydrogen (secondary N) is 6. The van der Waals surface area contributed by atoms with Crippen LogP contribution in [0, 0.1) is 0 Å². The zero-order valence-corrected chi connectivity index (χ0v) is 63.2. The van der Waals surface area contributed by atoms with Gasteiger partial charge in [-0.15, -0.1) is 0 Å². The molecule has 0 bridgehead atoms. The summed E-state index contributed by atoms with van der Waals surface area (Å²) in [5.41, 5.74) is 2.95. The number of pyridine rings is 4. The Labute approximate surface area is 644 Å². The Bertz CT molecular complexity index is 4750. The fourth-order valence-corrected chi connectivity index (χ4v) is 12.0. The first-order chi connectivity index (χ1) is 51.1. The van der Waals surface area contributed by atoms with Crippen LogP contribution < -0.4 is 60.3 Å². The molecule has 3 aliphatic heterocycles. The smallest absolute Gasteiger partial charge is 0.313 e. The molecule has 0 spiro atoms. The van der Waals surface area contributed by atoms with Crippen molar-refractivity contribution in [2.45, 2.75) is 68.4 Å². The topological polar surface area (TPSA) is 572 Å². The van der Waals surface area contributed by atoms with Crippen LogP contribution >= 0.6 is 78.3 Å². The Morgan fingerprint density at radius 3 is 1.16 bits per heavy atom. The lowest BCUT2D eigenvalue weighted by Gasteiger charge is -2.30. The van der Waals surface area contributed by atoms with Gasteiger partial charge >= 0.3 is 35.8 Å². The molecule has 576 valence electrons. The van der Waals surface area contributed by atoms with Gasteiger partial charge in [-0.25, -0.2) is 29.9 Å². The van der Waals surface area contributed by atoms with Crippen molar-refractivity contribution < 1.29 is 91.4 Å². The number of anilines is 5. The first-order valence-corrected chi connectivity index (χ1v) is 33.3. The molecule has 0 aromatic carbocycles. The van der Waals surface area contributed by atoms with Crippen molar-refractivity contribution in [1.29, 1.82) is 0 Å². The second kappa shape index (κ2) is 40.0. The molecule has 4 amide bonds. The number of aliphatic hydroxyl groups excluding tert-OH is 2. The molecule has 40 nitrogen and oxygen atoms in total. The summed E-state index contributed by atoms with van der Waals surface area (Å²) in [5.74, 6) is -6.22. The standard InChI is InChI=1S/C17H16ClN5O6.C15H16ClN5O4.C13H12BrClN2O6.C7H10O5.C6H4BrClN2O2.C4H5N3/c1-28-12(24)6-17(7-13(25)29-2)22-15(26)14-9(18)5-10(16(27)23(14)17)21-11-3-4-19-8-20-11;16-9-7-10(19-11-1-4-17-8-18-11)14(25)21-12(9)13(24)20-15(21,2-5-22)3-6-23;1-22-8(18)4-13(5-9(19)23-2)16-11(20)10-7(15)3-6(14)12(21)17(10)13;1-11-6(9)3-5(8)4-7(10)12-2;7-2-1-3(8)4(5(9)11)10-6(2)12;5-4-1-2-6-3-7-4/h3-5,8H,6-7H2,1-2H3,(H,22,26)(H,19,20,21);1,4,7-8,22-23H,2-3,5-6H2,(H,20,24)(H,17,18,19);3H,4-5H2,1-2H3,(H,16,20);3-4H2,1-2H3;1H,(H2,9,11)(H,10,12);1-3H,(H2,5,6,7). The van der Waals surface area contributed by atoms with Gasteiger partial charge < -0.3 is 81.7 Å². The molecule has 10 rings (SSSR count). The van der Waals surface area contributed by atoms with E-state index in [1.54, 1.807) is 18.3 Å². The van der Waals surface area contributed by atoms with Crippen LogP contribution in [0.2, 0.25) is 20.1 Å². The minimum absolute atomic E-state index is 0.00167. The van der Waals surface area contributed by atoms with E-state index >= 15 is 0 Å². The second-order valence-corrected chi connectivity index (χ2v) is 25.0. The molecule has 0 aliphatic carbocycles. The minimum Gasteiger partial charge on any atom is -0.469 e. The Kier molecular flexibility index (Phi) is 32.4. The normalized spacial score (nSPS) is 13.0. The number of nitrogens with two attached hydrogens (primary N) is 2. The summed E-state index contributed by atoms with van der Waals surface area (Å²) in [6.45, 7) is -0.569. The molecule has 0 saturated heterocycles. The Balaban J connectivity index is 0.000000244. The lowest BCUT2D eigenvalue weighted by molar-refractivity contribution is -0.149. The summed E-state index contributed by atoms with van der Waals surface area (Å²) in [6, 6.07) is 9.95. The number of fused-ring (bicyclic) bond motifs is 3. The van der Waals surface area contributed by atoms with E-state index in [4.69, 9.17) is 57.9 Å². The third-order valence-corrected chi connectivity index (χ3v) is 17.0. The fraction of sp³-hybridized carbons (Fsp3) is 0.306. The maximum absolute atomic E-state index is 13.2. The van der Waals surface area contributed by atoms with Gasteiger partial charge in [0.15, 0.2) is 5.78 Å². The Morgan fingerprint density at radius 2 is 0.833 bits per heavy atom. The number of aliphatic hydroxyl groups is 2. The predicted octanol–water partition coefficient (Wildman–Crippen LogP) is 2.17. The van der Waals surface area contributed by atoms with Gasteiger partial charge in [-0.05, 0) is 74.3 Å². The van der Waals surface area contributed by atoms with E-state index in [1.165, 1.54) is 80.5 Å². The molecule has 0 atom stereocenters. The summed E-state index contributed by atoms with van der Waals surface area (Å²) >= 11 is 30.1. The van der Waals surface area contributed by atoms with Crippen molar-refractivity contribution >= 4 is 172 Å². The number of hydrogen-bond acceptors (Lipinski definition) is 32. The number of carbonyl (C=O) groups is 11. The van der Waals surface area contributed by atoms with Crippen LogP contribution in [0.5, 0.6) is 0 Å². The van der Waals surface area contributed by atoms with Gasteiger partial charge in [0.2, 0.25) is 0 Å². The van der Waals surface area contributed by atoms with Gasteiger partial charge in [0, 0.05) is 44.6 Å². The lowest BCUT2D eigenvalue weighted by atomic mass is 10.0. The number of primary amides is 1. The highest BCUT2D eigenvalue weighted by Crippen LogP contribution is 2.37. The van der Waals surface area contributed by atoms with E-state index in [-0.39, 0.29) is 102 Å². The Hall–Kier alpha value is -11.2. The van der Waals surface area contributed by atoms with Crippen LogP contribution in [0.3, 0.4) is 0 Å². The number of aromatic amines is 1. The monoisotopic (exact) mass is 1710 g/mol. The number of aromatic nitrogens is 10. The number of rotatable bonds is 21. The van der Waals surface area contributed by atoms with E-state index in [9.17, 15) is 82.1 Å². The van der Waals surface area contributed by atoms with Gasteiger partial charge in [-0.1, -0.05) is 46.4 Å². The molecular weight excluding hydrogens is 1650 g/mol. The maximum atomic E-state index is 13.2. The van der Waals surface area contributed by atoms with Gasteiger partial charge in [0.25, 0.3) is 45.9 Å². The third-order valence-electron chi connectivity index (χ3n) is 14.7. The highest BCUT2D eigenvalue weighted by atomic mass is 79.9. The van der Waals surface area contributed by atoms with Crippen LogP contribution in [-0.4, -0.2) is 180 Å². The van der Waals surface area contributed by atoms with Crippen molar-refractivity contribution in [2.75, 3.05) is 72.2 Å². The van der Waals surface area contributed by atoms with Crippen LogP contribution in [-0.2, 0) is 79.0 Å². The Morgan fingerprint density at radius 1 is 0.491 bits per heavy atom. The quantitative estimate of drug-likeness (QED) is 0.0280. The van der Waals surface area contributed by atoms with Crippen LogP contribution in [0.1, 0.15) is 93.3 Å². The van der Waals surface area contributed by atoms with E-state index in [0.717, 1.165) is 37.6 Å². The number of ether oxygens (including phenoxy) is 6. The molecule has 0 saturated carbocycles. The van der Waals surface area contributed by atoms with Gasteiger partial charge in [0.1, 0.15) is 100 Å². The number of H-pyrrole nitrogens is 1. The summed E-state index contributed by atoms with van der Waals surface area (Å²) in [4.78, 5) is 202. The van der Waals surface area contributed by atoms with Crippen LogP contribution in [0.25, 0.3) is 0 Å². The number of nitrogen functional groups attached to an aromatic ring is 1. The first kappa shape index (κ1) is 87.5. The van der Waals surface area contributed by atoms with Crippen LogP contribution in [0.15, 0.2) is 108 Å². The number of ketones is 1. The second-order valence-electron chi connectivity index (χ2n) is 21.7. The van der Waals surface area contributed by atoms with Gasteiger partial charge in [-0.2, -0.15) is 0 Å². The van der Waals surface area contributed by atoms with Crippen molar-refractivity contribution in [2.24, 2.45) is 5.73 Å². The van der Waals surface area contributed by atoms with Crippen molar-refractivity contribution in [3.63, 3.8) is 0 Å². The molecule has 7 aromatic rings. The number of halogens is 6. The predicted molar refractivity (Wildman–Crippen MR) is 385 cm³/mol. The summed E-state index contributed by atoms with van der Waals surface area (Å²) in [5, 5.41) is 32.2. The number of carbonyl (C=O) groups excluding carboxylic acids is 11. The average molecular weight is 1720 g/mol. The molecule has 0 fully saturated rings. The summed E-state index contributed by atoms with van der Waals surface area (Å²) in [6.07, 6.45) is 6.05. The largest absolute Gasteiger partial charge is 0.469 e. The van der Waals surface area contributed by atoms with Crippen LogP contribution in [0.4, 0.5) is 28.8 Å². The lowest BCUT2D eigenvalue weighted by Crippen LogP contribution is -2.50. The molecule has 0 unspecified atom stereocenters. The number of esters is 6. The fourth-order valence-electron chi connectivity index (χ4n) is 9.94. The molecule has 46 heteroatoms. The molecule has 10 heterocycles. The number of hydrogen-bond donors (Lipinski definition) is 10. The van der Waals surface area contributed by atoms with Crippen molar-refractivity contribution in [1.82, 2.24) is 64.5 Å². The maximum Gasteiger partial charge on any atom is 0.313 e. The first-order valence-electron chi connectivity index (χ1n) is 30.2. The van der Waals surface area contributed by atoms with E-state index in [2.05, 4.69) is 122 Å². The molecule has 0 radical (unpaired) electrons. The number of amides is 4. The van der Waals surface area contributed by atoms with Crippen molar-refractivity contribution in [3.05, 3.63) is 173 Å². The van der Waals surface area contributed by atoms with E-state index < -0.39 is 130 Å².